The highest BCUT2D eigenvalue weighted by Crippen LogP contribution is 2.33. The van der Waals surface area contributed by atoms with E-state index in [1.54, 1.807) is 35.4 Å². The smallest absolute Gasteiger partial charge is 0.410 e. The third-order valence-electron chi connectivity index (χ3n) is 5.62. The Morgan fingerprint density at radius 2 is 1.82 bits per heavy atom. The minimum absolute atomic E-state index is 0.107. The van der Waals surface area contributed by atoms with Gasteiger partial charge in [-0.05, 0) is 69.3 Å². The second-order valence-corrected chi connectivity index (χ2v) is 12.4. The van der Waals surface area contributed by atoms with Gasteiger partial charge in [0.15, 0.2) is 5.65 Å². The van der Waals surface area contributed by atoms with Crippen molar-refractivity contribution in [1.82, 2.24) is 18.8 Å². The van der Waals surface area contributed by atoms with Gasteiger partial charge in [0.1, 0.15) is 17.7 Å². The third-order valence-corrected chi connectivity index (χ3v) is 8.10. The van der Waals surface area contributed by atoms with E-state index in [0.29, 0.717) is 36.5 Å². The van der Waals surface area contributed by atoms with Crippen molar-refractivity contribution in [3.05, 3.63) is 45.9 Å². The number of aryl methyl sites for hydroxylation is 1. The Balaban J connectivity index is 1.67. The Labute approximate surface area is 213 Å². The van der Waals surface area contributed by atoms with Crippen LogP contribution >= 0.6 is 22.6 Å². The summed E-state index contributed by atoms with van der Waals surface area (Å²) in [5.41, 5.74) is 0.752. The number of carbonyl (C=O) groups excluding carboxylic acids is 1. The summed E-state index contributed by atoms with van der Waals surface area (Å²) in [5.74, 6) is 0.656. The number of anilines is 1. The summed E-state index contributed by atoms with van der Waals surface area (Å²) in [6.07, 6.45) is 2.64. The lowest BCUT2D eigenvalue weighted by Crippen LogP contribution is -2.55. The molecule has 182 valence electrons. The first-order chi connectivity index (χ1) is 15.9. The number of benzene rings is 1. The van der Waals surface area contributed by atoms with Crippen molar-refractivity contribution in [3.63, 3.8) is 0 Å². The number of halogens is 1. The number of carbonyl (C=O) groups is 1. The van der Waals surface area contributed by atoms with Crippen LogP contribution in [0.15, 0.2) is 41.7 Å². The average molecular weight is 597 g/mol. The SMILES string of the molecule is Cc1ccc(S(=O)(=O)n2cc(I)c3c(N4CCN(C(=O)OC(C)(C)C)[C@H](C)C4)ncnc32)cc1. The van der Waals surface area contributed by atoms with E-state index in [1.807, 2.05) is 34.6 Å². The second-order valence-electron chi connectivity index (χ2n) is 9.46. The van der Waals surface area contributed by atoms with Crippen molar-refractivity contribution in [2.24, 2.45) is 0 Å². The molecule has 1 amide bonds. The van der Waals surface area contributed by atoms with Crippen molar-refractivity contribution < 1.29 is 17.9 Å². The van der Waals surface area contributed by atoms with E-state index in [9.17, 15) is 13.2 Å². The molecule has 1 aliphatic heterocycles. The number of fused-ring (bicyclic) bond motifs is 1. The normalized spacial score (nSPS) is 17.3. The Morgan fingerprint density at radius 3 is 2.44 bits per heavy atom. The number of hydrogen-bond donors (Lipinski definition) is 0. The minimum atomic E-state index is -3.82. The van der Waals surface area contributed by atoms with E-state index >= 15 is 0 Å². The van der Waals surface area contributed by atoms with Gasteiger partial charge in [-0.25, -0.2) is 27.2 Å². The van der Waals surface area contributed by atoms with Crippen molar-refractivity contribution in [2.45, 2.75) is 51.2 Å². The van der Waals surface area contributed by atoms with Crippen LogP contribution in [0.5, 0.6) is 0 Å². The van der Waals surface area contributed by atoms with Crippen LogP contribution in [-0.2, 0) is 14.8 Å². The van der Waals surface area contributed by atoms with Crippen LogP contribution in [-0.4, -0.2) is 64.6 Å². The van der Waals surface area contributed by atoms with Gasteiger partial charge >= 0.3 is 6.09 Å². The molecular weight excluding hydrogens is 569 g/mol. The number of amides is 1. The van der Waals surface area contributed by atoms with Crippen molar-refractivity contribution in [1.29, 1.82) is 0 Å². The average Bonchev–Trinajstić information content (AvgIpc) is 3.10. The van der Waals surface area contributed by atoms with Gasteiger partial charge in [0, 0.05) is 35.4 Å². The molecule has 0 N–H and O–H groups in total. The van der Waals surface area contributed by atoms with Gasteiger partial charge in [-0.15, -0.1) is 0 Å². The van der Waals surface area contributed by atoms with Crippen LogP contribution in [0.4, 0.5) is 10.6 Å². The summed E-state index contributed by atoms with van der Waals surface area (Å²) in [6, 6.07) is 6.64. The first-order valence-electron chi connectivity index (χ1n) is 11.0. The number of rotatable bonds is 3. The van der Waals surface area contributed by atoms with E-state index in [4.69, 9.17) is 4.74 Å². The molecule has 1 fully saturated rings. The first kappa shape index (κ1) is 24.7. The summed E-state index contributed by atoms with van der Waals surface area (Å²) in [5, 5.41) is 0.678. The maximum absolute atomic E-state index is 13.4. The molecule has 0 spiro atoms. The molecule has 3 heterocycles. The molecule has 0 aliphatic carbocycles. The lowest BCUT2D eigenvalue weighted by atomic mass is 10.2. The fourth-order valence-corrected chi connectivity index (χ4v) is 6.23. The number of piperazine rings is 1. The molecule has 0 bridgehead atoms. The van der Waals surface area contributed by atoms with Gasteiger partial charge in [0.2, 0.25) is 0 Å². The van der Waals surface area contributed by atoms with Crippen molar-refractivity contribution >= 4 is 55.6 Å². The largest absolute Gasteiger partial charge is 0.444 e. The molecule has 11 heteroatoms. The van der Waals surface area contributed by atoms with Crippen LogP contribution in [0.3, 0.4) is 0 Å². The second kappa shape index (κ2) is 8.99. The van der Waals surface area contributed by atoms with Crippen molar-refractivity contribution in [2.75, 3.05) is 24.5 Å². The molecular formula is C23H28IN5O4S. The maximum Gasteiger partial charge on any atom is 0.410 e. The Morgan fingerprint density at radius 1 is 1.15 bits per heavy atom. The van der Waals surface area contributed by atoms with E-state index in [-0.39, 0.29) is 17.0 Å². The molecule has 1 atom stereocenters. The zero-order chi connectivity index (χ0) is 24.8. The molecule has 0 radical (unpaired) electrons. The Hall–Kier alpha value is -2.41. The zero-order valence-electron chi connectivity index (χ0n) is 19.8. The number of nitrogens with zero attached hydrogens (tertiary/aromatic N) is 5. The molecule has 9 nitrogen and oxygen atoms in total. The van der Waals surface area contributed by atoms with Gasteiger partial charge in [0.25, 0.3) is 10.0 Å². The summed E-state index contributed by atoms with van der Waals surface area (Å²) in [7, 11) is -3.82. The molecule has 3 aromatic rings. The lowest BCUT2D eigenvalue weighted by Gasteiger charge is -2.40. The highest BCUT2D eigenvalue weighted by Gasteiger charge is 2.33. The highest BCUT2D eigenvalue weighted by atomic mass is 127. The van der Waals surface area contributed by atoms with Crippen LogP contribution in [0.25, 0.3) is 11.0 Å². The Kier molecular flexibility index (Phi) is 6.53. The van der Waals surface area contributed by atoms with Crippen molar-refractivity contribution in [3.8, 4) is 0 Å². The van der Waals surface area contributed by atoms with E-state index < -0.39 is 15.6 Å². The molecule has 0 unspecified atom stereocenters. The number of ether oxygens (including phenoxy) is 1. The van der Waals surface area contributed by atoms with Gasteiger partial charge < -0.3 is 14.5 Å². The monoisotopic (exact) mass is 597 g/mol. The van der Waals surface area contributed by atoms with Gasteiger partial charge in [-0.1, -0.05) is 17.7 Å². The van der Waals surface area contributed by atoms with Gasteiger partial charge in [0.05, 0.1) is 10.3 Å². The van der Waals surface area contributed by atoms with Crippen LogP contribution in [0.1, 0.15) is 33.3 Å². The molecule has 34 heavy (non-hydrogen) atoms. The fraction of sp³-hybridized carbons (Fsp3) is 0.435. The van der Waals surface area contributed by atoms with Gasteiger partial charge in [-0.3, -0.25) is 0 Å². The van der Waals surface area contributed by atoms with Crippen LogP contribution < -0.4 is 4.90 Å². The molecule has 0 saturated carbocycles. The molecule has 2 aromatic heterocycles. The first-order valence-corrected chi connectivity index (χ1v) is 13.5. The summed E-state index contributed by atoms with van der Waals surface area (Å²) in [4.78, 5) is 25.4. The lowest BCUT2D eigenvalue weighted by molar-refractivity contribution is 0.0158. The quantitative estimate of drug-likeness (QED) is 0.421. The number of hydrogen-bond acceptors (Lipinski definition) is 7. The molecule has 1 aliphatic rings. The third kappa shape index (κ3) is 4.72. The van der Waals surface area contributed by atoms with E-state index in [0.717, 1.165) is 9.13 Å². The summed E-state index contributed by atoms with van der Waals surface area (Å²) in [6.45, 7) is 11.0. The predicted molar refractivity (Wildman–Crippen MR) is 139 cm³/mol. The van der Waals surface area contributed by atoms with E-state index in [1.165, 1.54) is 10.3 Å². The standard InChI is InChI=1S/C23H28IN5O4S/c1-15-6-8-17(9-7-15)34(31,32)29-13-18(24)19-20(25-14-26-21(19)29)27-10-11-28(16(2)12-27)22(30)33-23(3,4)5/h6-9,13-14,16H,10-12H2,1-5H3/t16-/m1/s1. The summed E-state index contributed by atoms with van der Waals surface area (Å²) >= 11 is 2.12. The van der Waals surface area contributed by atoms with Gasteiger partial charge in [-0.2, -0.15) is 0 Å². The maximum atomic E-state index is 13.4. The zero-order valence-corrected chi connectivity index (χ0v) is 22.8. The molecule has 1 saturated heterocycles. The van der Waals surface area contributed by atoms with Crippen LogP contribution in [0, 0.1) is 10.5 Å². The summed E-state index contributed by atoms with van der Waals surface area (Å²) < 4.78 is 34.2. The van der Waals surface area contributed by atoms with Crippen LogP contribution in [0.2, 0.25) is 0 Å². The topological polar surface area (TPSA) is 97.6 Å². The fourth-order valence-electron chi connectivity index (χ4n) is 3.97. The predicted octanol–water partition coefficient (Wildman–Crippen LogP) is 4.03. The minimum Gasteiger partial charge on any atom is -0.444 e. The highest BCUT2D eigenvalue weighted by molar-refractivity contribution is 14.1. The van der Waals surface area contributed by atoms with E-state index in [2.05, 4.69) is 37.5 Å². The Bertz CT molecular complexity index is 1330. The number of aromatic nitrogens is 3. The molecule has 1 aromatic carbocycles. The molecule has 4 rings (SSSR count).